The lowest BCUT2D eigenvalue weighted by Gasteiger charge is -2.12. The number of esters is 1. The van der Waals surface area contributed by atoms with E-state index in [4.69, 9.17) is 9.15 Å². The number of aryl methyl sites for hydroxylation is 2. The highest BCUT2D eigenvalue weighted by Gasteiger charge is 2.13. The average molecular weight is 301 g/mol. The summed E-state index contributed by atoms with van der Waals surface area (Å²) in [6, 6.07) is 5.79. The minimum absolute atomic E-state index is 0.152. The second-order valence-electron chi connectivity index (χ2n) is 4.89. The quantitative estimate of drug-likeness (QED) is 0.384. The summed E-state index contributed by atoms with van der Waals surface area (Å²) in [5.41, 5.74) is 2.54. The first kappa shape index (κ1) is 15.8. The summed E-state index contributed by atoms with van der Waals surface area (Å²) in [4.78, 5) is 23.1. The van der Waals surface area contributed by atoms with E-state index < -0.39 is 11.6 Å². The predicted molar refractivity (Wildman–Crippen MR) is 86.2 cm³/mol. The van der Waals surface area contributed by atoms with E-state index in [-0.39, 0.29) is 6.61 Å². The van der Waals surface area contributed by atoms with Gasteiger partial charge in [0.2, 0.25) is 0 Å². The summed E-state index contributed by atoms with van der Waals surface area (Å²) < 4.78 is 10.3. The lowest BCUT2D eigenvalue weighted by Crippen LogP contribution is -2.18. The van der Waals surface area contributed by atoms with E-state index in [1.165, 1.54) is 0 Å². The van der Waals surface area contributed by atoms with Crippen LogP contribution in [-0.4, -0.2) is 19.1 Å². The number of hydrogen-bond acceptors (Lipinski definition) is 5. The molecule has 22 heavy (non-hydrogen) atoms. The third-order valence-corrected chi connectivity index (χ3v) is 3.34. The van der Waals surface area contributed by atoms with Gasteiger partial charge in [-0.3, -0.25) is 0 Å². The third kappa shape index (κ3) is 3.36. The standard InChI is InChI=1S/C17H19NO4/c1-4-12-13-7-6-11(3)10-14(13)22-17(20)16(12)18-8-9-21-15(19)5-2/h5-7,10,18H,2,4,8-9H2,1,3H3. The number of fused-ring (bicyclic) bond motifs is 1. The Balaban J connectivity index is 2.27. The lowest BCUT2D eigenvalue weighted by molar-refractivity contribution is -0.137. The van der Waals surface area contributed by atoms with Crippen molar-refractivity contribution in [3.8, 4) is 0 Å². The van der Waals surface area contributed by atoms with Gasteiger partial charge in [-0.1, -0.05) is 25.6 Å². The molecule has 5 heteroatoms. The number of carbonyl (C=O) groups excluding carboxylic acids is 1. The van der Waals surface area contributed by atoms with Crippen LogP contribution in [0, 0.1) is 6.92 Å². The van der Waals surface area contributed by atoms with Gasteiger partial charge in [-0.05, 0) is 30.5 Å². The second-order valence-corrected chi connectivity index (χ2v) is 4.89. The molecule has 0 aliphatic heterocycles. The van der Waals surface area contributed by atoms with Gasteiger partial charge in [0.25, 0.3) is 0 Å². The maximum absolute atomic E-state index is 12.2. The van der Waals surface area contributed by atoms with Crippen molar-refractivity contribution in [3.05, 3.63) is 52.4 Å². The van der Waals surface area contributed by atoms with E-state index in [0.717, 1.165) is 22.6 Å². The molecule has 0 aliphatic carbocycles. The number of benzene rings is 1. The monoisotopic (exact) mass is 301 g/mol. The first-order chi connectivity index (χ1) is 10.6. The zero-order chi connectivity index (χ0) is 16.1. The van der Waals surface area contributed by atoms with Crippen LogP contribution in [0.2, 0.25) is 0 Å². The number of rotatable bonds is 6. The van der Waals surface area contributed by atoms with Crippen LogP contribution in [-0.2, 0) is 16.0 Å². The predicted octanol–water partition coefficient (Wildman–Crippen LogP) is 2.80. The van der Waals surface area contributed by atoms with E-state index in [0.29, 0.717) is 24.2 Å². The highest BCUT2D eigenvalue weighted by molar-refractivity contribution is 5.85. The zero-order valence-electron chi connectivity index (χ0n) is 12.8. The molecule has 0 fully saturated rings. The molecule has 0 saturated carbocycles. The van der Waals surface area contributed by atoms with E-state index in [1.54, 1.807) is 0 Å². The largest absolute Gasteiger partial charge is 0.461 e. The summed E-state index contributed by atoms with van der Waals surface area (Å²) in [6.07, 6.45) is 1.80. The van der Waals surface area contributed by atoms with Crippen molar-refractivity contribution in [2.24, 2.45) is 0 Å². The van der Waals surface area contributed by atoms with Crippen molar-refractivity contribution >= 4 is 22.6 Å². The maximum atomic E-state index is 12.2. The molecule has 0 spiro atoms. The summed E-state index contributed by atoms with van der Waals surface area (Å²) in [5, 5.41) is 3.92. The van der Waals surface area contributed by atoms with Gasteiger partial charge in [-0.25, -0.2) is 9.59 Å². The fraction of sp³-hybridized carbons (Fsp3) is 0.294. The topological polar surface area (TPSA) is 68.5 Å². The minimum atomic E-state index is -0.487. The van der Waals surface area contributed by atoms with Crippen LogP contribution in [0.15, 0.2) is 40.1 Å². The smallest absolute Gasteiger partial charge is 0.360 e. The molecule has 0 saturated heterocycles. The number of ether oxygens (including phenoxy) is 1. The lowest BCUT2D eigenvalue weighted by atomic mass is 10.0. The molecule has 1 heterocycles. The van der Waals surface area contributed by atoms with Crippen molar-refractivity contribution in [3.63, 3.8) is 0 Å². The highest BCUT2D eigenvalue weighted by atomic mass is 16.5. The van der Waals surface area contributed by atoms with Crippen LogP contribution in [0.1, 0.15) is 18.1 Å². The minimum Gasteiger partial charge on any atom is -0.461 e. The van der Waals surface area contributed by atoms with Gasteiger partial charge >= 0.3 is 11.6 Å². The van der Waals surface area contributed by atoms with E-state index in [1.807, 2.05) is 32.0 Å². The molecule has 0 bridgehead atoms. The van der Waals surface area contributed by atoms with E-state index >= 15 is 0 Å². The molecule has 2 aromatic rings. The Bertz CT molecular complexity index is 761. The number of carbonyl (C=O) groups is 1. The maximum Gasteiger partial charge on any atom is 0.360 e. The molecule has 1 aromatic carbocycles. The summed E-state index contributed by atoms with van der Waals surface area (Å²) in [7, 11) is 0. The van der Waals surface area contributed by atoms with Crippen LogP contribution in [0.25, 0.3) is 11.0 Å². The first-order valence-electron chi connectivity index (χ1n) is 7.16. The van der Waals surface area contributed by atoms with Crippen molar-refractivity contribution in [2.75, 3.05) is 18.5 Å². The summed E-state index contributed by atoms with van der Waals surface area (Å²) in [5.74, 6) is -0.487. The van der Waals surface area contributed by atoms with Gasteiger partial charge < -0.3 is 14.5 Å². The van der Waals surface area contributed by atoms with E-state index in [9.17, 15) is 9.59 Å². The Morgan fingerprint density at radius 3 is 2.91 bits per heavy atom. The van der Waals surface area contributed by atoms with Crippen molar-refractivity contribution in [2.45, 2.75) is 20.3 Å². The zero-order valence-corrected chi connectivity index (χ0v) is 12.8. The van der Waals surface area contributed by atoms with Crippen LogP contribution < -0.4 is 10.9 Å². The first-order valence-corrected chi connectivity index (χ1v) is 7.16. The molecule has 2 rings (SSSR count). The molecule has 1 aromatic heterocycles. The van der Waals surface area contributed by atoms with Crippen LogP contribution >= 0.6 is 0 Å². The Kier molecular flexibility index (Phi) is 4.99. The SMILES string of the molecule is C=CC(=O)OCCNc1c(CC)c2ccc(C)cc2oc1=O. The van der Waals surface area contributed by atoms with Gasteiger partial charge in [0.1, 0.15) is 17.9 Å². The fourth-order valence-electron chi connectivity index (χ4n) is 2.30. The van der Waals surface area contributed by atoms with Gasteiger partial charge in [-0.15, -0.1) is 0 Å². The summed E-state index contributed by atoms with van der Waals surface area (Å²) >= 11 is 0. The molecule has 1 N–H and O–H groups in total. The van der Waals surface area contributed by atoms with Gasteiger partial charge in [0.05, 0.1) is 0 Å². The highest BCUT2D eigenvalue weighted by Crippen LogP contribution is 2.24. The Hall–Kier alpha value is -2.56. The molecule has 0 aliphatic rings. The van der Waals surface area contributed by atoms with Crippen LogP contribution in [0.5, 0.6) is 0 Å². The Morgan fingerprint density at radius 2 is 2.23 bits per heavy atom. The van der Waals surface area contributed by atoms with Gasteiger partial charge in [-0.2, -0.15) is 0 Å². The van der Waals surface area contributed by atoms with Crippen LogP contribution in [0.4, 0.5) is 5.69 Å². The van der Waals surface area contributed by atoms with Gasteiger partial charge in [0, 0.05) is 18.0 Å². The van der Waals surface area contributed by atoms with Crippen LogP contribution in [0.3, 0.4) is 0 Å². The normalized spacial score (nSPS) is 10.5. The second kappa shape index (κ2) is 6.93. The van der Waals surface area contributed by atoms with Crippen molar-refractivity contribution < 1.29 is 13.9 Å². The molecule has 116 valence electrons. The molecular weight excluding hydrogens is 282 g/mol. The molecular formula is C17H19NO4. The molecule has 5 nitrogen and oxygen atoms in total. The number of anilines is 1. The molecule has 0 atom stereocenters. The summed E-state index contributed by atoms with van der Waals surface area (Å²) in [6.45, 7) is 7.73. The molecule has 0 amide bonds. The van der Waals surface area contributed by atoms with E-state index in [2.05, 4.69) is 11.9 Å². The Labute approximate surface area is 128 Å². The molecule has 0 radical (unpaired) electrons. The third-order valence-electron chi connectivity index (χ3n) is 3.34. The number of hydrogen-bond donors (Lipinski definition) is 1. The average Bonchev–Trinajstić information content (AvgIpc) is 2.50. The Morgan fingerprint density at radius 1 is 1.45 bits per heavy atom. The fourth-order valence-corrected chi connectivity index (χ4v) is 2.30. The molecule has 0 unspecified atom stereocenters. The van der Waals surface area contributed by atoms with Crippen molar-refractivity contribution in [1.29, 1.82) is 0 Å². The van der Waals surface area contributed by atoms with Gasteiger partial charge in [0.15, 0.2) is 0 Å². The number of nitrogens with one attached hydrogen (secondary N) is 1. The van der Waals surface area contributed by atoms with Crippen molar-refractivity contribution in [1.82, 2.24) is 0 Å².